The van der Waals surface area contributed by atoms with Crippen LogP contribution in [0.15, 0.2) is 24.6 Å². The Hall–Kier alpha value is -0.960. The average Bonchev–Trinajstić information content (AvgIpc) is 2.71. The van der Waals surface area contributed by atoms with Crippen molar-refractivity contribution in [2.24, 2.45) is 0 Å². The zero-order chi connectivity index (χ0) is 11.8. The van der Waals surface area contributed by atoms with Gasteiger partial charge in [0, 0.05) is 12.4 Å². The van der Waals surface area contributed by atoms with Crippen molar-refractivity contribution < 1.29 is 5.11 Å². The van der Waals surface area contributed by atoms with Gasteiger partial charge in [0.25, 0.3) is 0 Å². The number of unbranched alkanes of at least 4 members (excludes halogenated alkanes) is 2. The maximum absolute atomic E-state index is 9.51. The molecule has 0 fully saturated rings. The quantitative estimate of drug-likeness (QED) is 0.515. The number of rotatable bonds is 7. The molecule has 2 N–H and O–H groups in total. The molecular weight excluding hydrogens is 200 g/mol. The predicted octanol–water partition coefficient (Wildman–Crippen LogP) is 2.55. The van der Waals surface area contributed by atoms with Crippen LogP contribution >= 0.6 is 0 Å². The summed E-state index contributed by atoms with van der Waals surface area (Å²) in [5.41, 5.74) is 0. The van der Waals surface area contributed by atoms with Crippen molar-refractivity contribution in [1.82, 2.24) is 10.2 Å². The van der Waals surface area contributed by atoms with Gasteiger partial charge in [-0.05, 0) is 26.2 Å². The number of allylic oxidation sites excluding steroid dienone is 2. The van der Waals surface area contributed by atoms with Crippen molar-refractivity contribution in [2.75, 3.05) is 0 Å². The first-order chi connectivity index (χ1) is 7.75. The Morgan fingerprint density at radius 2 is 2.19 bits per heavy atom. The fourth-order valence-corrected chi connectivity index (χ4v) is 1.86. The zero-order valence-electron chi connectivity index (χ0n) is 10.4. The lowest BCUT2D eigenvalue weighted by Gasteiger charge is -2.27. The molecular formula is C13H24N2O. The van der Waals surface area contributed by atoms with Gasteiger partial charge in [-0.25, -0.2) is 0 Å². The molecule has 1 rings (SSSR count). The predicted molar refractivity (Wildman–Crippen MR) is 67.5 cm³/mol. The molecule has 0 amide bonds. The number of hydrogen-bond donors (Lipinski definition) is 2. The van der Waals surface area contributed by atoms with E-state index >= 15 is 0 Å². The van der Waals surface area contributed by atoms with Crippen molar-refractivity contribution in [1.29, 1.82) is 0 Å². The van der Waals surface area contributed by atoms with E-state index in [9.17, 15) is 5.11 Å². The van der Waals surface area contributed by atoms with Gasteiger partial charge in [-0.3, -0.25) is 0 Å². The summed E-state index contributed by atoms with van der Waals surface area (Å²) in [5, 5.41) is 12.8. The summed E-state index contributed by atoms with van der Waals surface area (Å²) in [6, 6.07) is 0. The highest BCUT2D eigenvalue weighted by Crippen LogP contribution is 2.13. The molecule has 0 radical (unpaired) electrons. The third-order valence-electron chi connectivity index (χ3n) is 2.82. The maximum atomic E-state index is 9.51. The van der Waals surface area contributed by atoms with Crippen molar-refractivity contribution >= 4 is 0 Å². The summed E-state index contributed by atoms with van der Waals surface area (Å²) < 4.78 is 0. The first-order valence-corrected chi connectivity index (χ1v) is 6.29. The molecule has 0 spiro atoms. The lowest BCUT2D eigenvalue weighted by molar-refractivity contribution is 0.0264. The lowest BCUT2D eigenvalue weighted by Crippen LogP contribution is -2.40. The monoisotopic (exact) mass is 224 g/mol. The molecule has 0 saturated heterocycles. The van der Waals surface area contributed by atoms with Crippen LogP contribution in [-0.4, -0.2) is 22.4 Å². The van der Waals surface area contributed by atoms with Gasteiger partial charge in [0.2, 0.25) is 0 Å². The van der Waals surface area contributed by atoms with Crippen LogP contribution in [0.2, 0.25) is 0 Å². The summed E-state index contributed by atoms with van der Waals surface area (Å²) in [7, 11) is 0. The van der Waals surface area contributed by atoms with Crippen LogP contribution in [0.5, 0.6) is 0 Å². The Balaban J connectivity index is 2.15. The molecule has 0 aromatic carbocycles. The van der Waals surface area contributed by atoms with Crippen LogP contribution < -0.4 is 5.32 Å². The van der Waals surface area contributed by atoms with Crippen LogP contribution in [-0.2, 0) is 0 Å². The van der Waals surface area contributed by atoms with Gasteiger partial charge in [0.1, 0.15) is 12.4 Å². The molecule has 1 aliphatic heterocycles. The molecule has 0 aromatic heterocycles. The van der Waals surface area contributed by atoms with Gasteiger partial charge in [-0.1, -0.05) is 31.9 Å². The fourth-order valence-electron chi connectivity index (χ4n) is 1.86. The molecule has 1 aliphatic rings. The molecule has 1 heterocycles. The number of aliphatic hydroxyl groups excluding tert-OH is 1. The van der Waals surface area contributed by atoms with Crippen molar-refractivity contribution in [2.45, 2.75) is 58.3 Å². The molecule has 2 unspecified atom stereocenters. The third-order valence-corrected chi connectivity index (χ3v) is 2.82. The summed E-state index contributed by atoms with van der Waals surface area (Å²) in [4.78, 5) is 1.94. The third kappa shape index (κ3) is 4.27. The molecule has 92 valence electrons. The first-order valence-electron chi connectivity index (χ1n) is 6.29. The fraction of sp³-hybridized carbons (Fsp3) is 0.692. The van der Waals surface area contributed by atoms with E-state index in [2.05, 4.69) is 24.4 Å². The van der Waals surface area contributed by atoms with E-state index in [1.165, 1.54) is 19.3 Å². The van der Waals surface area contributed by atoms with E-state index in [-0.39, 0.29) is 6.17 Å². The standard InChI is InChI=1S/C13H24N2O/c1-3-4-5-6-7-8-9-13-14-10-11-15(13)12(2)16/h6-7,10-14,16H,3-5,8-9H2,1-2H3/b7-6+. The summed E-state index contributed by atoms with van der Waals surface area (Å²) in [5.74, 6) is 0. The van der Waals surface area contributed by atoms with Gasteiger partial charge < -0.3 is 15.3 Å². The molecule has 3 nitrogen and oxygen atoms in total. The Kier molecular flexibility index (Phi) is 6.01. The van der Waals surface area contributed by atoms with E-state index in [0.29, 0.717) is 0 Å². The second-order valence-electron chi connectivity index (χ2n) is 4.27. The SMILES string of the molecule is CCCC/C=C/CCC1NC=CN1C(C)O. The zero-order valence-corrected chi connectivity index (χ0v) is 10.4. The minimum Gasteiger partial charge on any atom is -0.374 e. The van der Waals surface area contributed by atoms with Crippen molar-refractivity contribution in [3.05, 3.63) is 24.6 Å². The van der Waals surface area contributed by atoms with Gasteiger partial charge in [0.05, 0.1) is 0 Å². The number of aliphatic hydroxyl groups is 1. The van der Waals surface area contributed by atoms with E-state index in [4.69, 9.17) is 0 Å². The first kappa shape index (κ1) is 13.1. The van der Waals surface area contributed by atoms with E-state index in [1.807, 2.05) is 17.3 Å². The molecule has 0 bridgehead atoms. The summed E-state index contributed by atoms with van der Waals surface area (Å²) in [6.07, 6.45) is 14.0. The van der Waals surface area contributed by atoms with Crippen LogP contribution in [0.1, 0.15) is 46.0 Å². The number of hydrogen-bond acceptors (Lipinski definition) is 3. The normalized spacial score (nSPS) is 21.7. The highest BCUT2D eigenvalue weighted by molar-refractivity contribution is 4.95. The minimum absolute atomic E-state index is 0.246. The lowest BCUT2D eigenvalue weighted by atomic mass is 10.2. The van der Waals surface area contributed by atoms with E-state index in [1.54, 1.807) is 6.92 Å². The Labute approximate surface area is 98.8 Å². The molecule has 3 heteroatoms. The summed E-state index contributed by atoms with van der Waals surface area (Å²) in [6.45, 7) is 4.00. The topological polar surface area (TPSA) is 35.5 Å². The van der Waals surface area contributed by atoms with Crippen molar-refractivity contribution in [3.8, 4) is 0 Å². The molecule has 16 heavy (non-hydrogen) atoms. The molecule has 0 aromatic rings. The Bertz CT molecular complexity index is 236. The second-order valence-corrected chi connectivity index (χ2v) is 4.27. The van der Waals surface area contributed by atoms with Crippen LogP contribution in [0.4, 0.5) is 0 Å². The van der Waals surface area contributed by atoms with Crippen LogP contribution in [0.25, 0.3) is 0 Å². The molecule has 0 aliphatic carbocycles. The Morgan fingerprint density at radius 3 is 2.88 bits per heavy atom. The smallest absolute Gasteiger partial charge is 0.125 e. The van der Waals surface area contributed by atoms with Gasteiger partial charge in [0.15, 0.2) is 0 Å². The van der Waals surface area contributed by atoms with E-state index < -0.39 is 6.23 Å². The number of nitrogens with one attached hydrogen (secondary N) is 1. The van der Waals surface area contributed by atoms with Crippen molar-refractivity contribution in [3.63, 3.8) is 0 Å². The molecule has 0 saturated carbocycles. The van der Waals surface area contributed by atoms with Gasteiger partial charge in [-0.2, -0.15) is 0 Å². The van der Waals surface area contributed by atoms with E-state index in [0.717, 1.165) is 12.8 Å². The highest BCUT2D eigenvalue weighted by atomic mass is 16.3. The van der Waals surface area contributed by atoms with Crippen LogP contribution in [0, 0.1) is 0 Å². The second kappa shape index (κ2) is 7.34. The number of nitrogens with zero attached hydrogens (tertiary/aromatic N) is 1. The van der Waals surface area contributed by atoms with Gasteiger partial charge >= 0.3 is 0 Å². The maximum Gasteiger partial charge on any atom is 0.125 e. The largest absolute Gasteiger partial charge is 0.374 e. The van der Waals surface area contributed by atoms with Crippen LogP contribution in [0.3, 0.4) is 0 Å². The van der Waals surface area contributed by atoms with Gasteiger partial charge in [-0.15, -0.1) is 0 Å². The Morgan fingerprint density at radius 1 is 1.44 bits per heavy atom. The average molecular weight is 224 g/mol. The molecule has 2 atom stereocenters. The minimum atomic E-state index is -0.416. The summed E-state index contributed by atoms with van der Waals surface area (Å²) >= 11 is 0. The highest BCUT2D eigenvalue weighted by Gasteiger charge is 2.20.